The molecule has 0 saturated heterocycles. The van der Waals surface area contributed by atoms with Crippen LogP contribution in [0, 0.1) is 17.7 Å². The van der Waals surface area contributed by atoms with Crippen molar-refractivity contribution in [3.05, 3.63) is 29.6 Å². The maximum atomic E-state index is 14.5. The van der Waals surface area contributed by atoms with E-state index >= 15 is 0 Å². The van der Waals surface area contributed by atoms with Crippen LogP contribution in [0.15, 0.2) is 18.2 Å². The first kappa shape index (κ1) is 19.9. The van der Waals surface area contributed by atoms with Gasteiger partial charge in [-0.1, -0.05) is 25.8 Å². The van der Waals surface area contributed by atoms with Gasteiger partial charge in [-0.2, -0.15) is 0 Å². The normalized spacial score (nSPS) is 22.0. The van der Waals surface area contributed by atoms with Gasteiger partial charge in [-0.3, -0.25) is 0 Å². The van der Waals surface area contributed by atoms with Gasteiger partial charge >= 0.3 is 6.36 Å². The molecule has 0 heterocycles. The number of alkyl halides is 5. The zero-order chi connectivity index (χ0) is 18.7. The molecule has 2 rings (SSSR count). The average Bonchev–Trinajstić information content (AvgIpc) is 2.49. The van der Waals surface area contributed by atoms with Crippen molar-refractivity contribution in [2.45, 2.75) is 64.2 Å². The summed E-state index contributed by atoms with van der Waals surface area (Å²) in [4.78, 5) is 0. The Hall–Kier alpha value is -1.40. The standard InChI is InChI=1S/C18H22F6O/c1-2-3-12-4-7-14(8-5-12)17(20,21)11-13-6-9-16(15(19)10-13)25-18(22,23)24/h6,9-10,12,14H,2-5,7-8,11H2,1H3. The first-order valence-corrected chi connectivity index (χ1v) is 8.52. The predicted molar refractivity (Wildman–Crippen MR) is 82.1 cm³/mol. The zero-order valence-corrected chi connectivity index (χ0v) is 14.0. The fraction of sp³-hybridized carbons (Fsp3) is 0.667. The third-order valence-corrected chi connectivity index (χ3v) is 4.80. The van der Waals surface area contributed by atoms with E-state index in [1.165, 1.54) is 0 Å². The second-order valence-corrected chi connectivity index (χ2v) is 6.76. The van der Waals surface area contributed by atoms with Crippen molar-refractivity contribution < 1.29 is 31.1 Å². The minimum Gasteiger partial charge on any atom is -0.403 e. The lowest BCUT2D eigenvalue weighted by Crippen LogP contribution is -2.34. The lowest BCUT2D eigenvalue weighted by atomic mass is 9.76. The molecule has 0 aliphatic heterocycles. The van der Waals surface area contributed by atoms with Crippen LogP contribution in [0.4, 0.5) is 26.3 Å². The van der Waals surface area contributed by atoms with Crippen LogP contribution in [-0.2, 0) is 6.42 Å². The van der Waals surface area contributed by atoms with Crippen LogP contribution >= 0.6 is 0 Å². The first-order valence-electron chi connectivity index (χ1n) is 8.52. The van der Waals surface area contributed by atoms with E-state index in [1.807, 2.05) is 0 Å². The Morgan fingerprint density at radius 2 is 1.68 bits per heavy atom. The summed E-state index contributed by atoms with van der Waals surface area (Å²) in [6, 6.07) is 2.49. The Kier molecular flexibility index (Phi) is 6.27. The Bertz CT molecular complexity index is 561. The van der Waals surface area contributed by atoms with Crippen LogP contribution in [0.2, 0.25) is 0 Å². The van der Waals surface area contributed by atoms with Crippen molar-refractivity contribution in [2.24, 2.45) is 11.8 Å². The van der Waals surface area contributed by atoms with Crippen molar-refractivity contribution in [3.8, 4) is 5.75 Å². The Morgan fingerprint density at radius 3 is 2.20 bits per heavy atom. The molecule has 0 N–H and O–H groups in total. The number of ether oxygens (including phenoxy) is 1. The third kappa shape index (κ3) is 5.82. The van der Waals surface area contributed by atoms with Gasteiger partial charge in [0, 0.05) is 12.3 Å². The largest absolute Gasteiger partial charge is 0.573 e. The highest BCUT2D eigenvalue weighted by Crippen LogP contribution is 2.42. The van der Waals surface area contributed by atoms with Gasteiger partial charge in [0.1, 0.15) is 0 Å². The molecule has 142 valence electrons. The quantitative estimate of drug-likeness (QED) is 0.520. The lowest BCUT2D eigenvalue weighted by Gasteiger charge is -2.33. The second-order valence-electron chi connectivity index (χ2n) is 6.76. The van der Waals surface area contributed by atoms with E-state index in [1.54, 1.807) is 0 Å². The Balaban J connectivity index is 1.99. The monoisotopic (exact) mass is 368 g/mol. The van der Waals surface area contributed by atoms with E-state index in [0.29, 0.717) is 24.8 Å². The van der Waals surface area contributed by atoms with E-state index in [0.717, 1.165) is 37.8 Å². The topological polar surface area (TPSA) is 9.23 Å². The van der Waals surface area contributed by atoms with E-state index in [2.05, 4.69) is 11.7 Å². The van der Waals surface area contributed by atoms with E-state index in [-0.39, 0.29) is 5.56 Å². The number of rotatable bonds is 6. The zero-order valence-electron chi connectivity index (χ0n) is 14.0. The summed E-state index contributed by atoms with van der Waals surface area (Å²) in [5, 5.41) is 0. The molecule has 1 aliphatic rings. The van der Waals surface area contributed by atoms with Gasteiger partial charge in [-0.05, 0) is 49.3 Å². The van der Waals surface area contributed by atoms with Crippen LogP contribution in [-0.4, -0.2) is 12.3 Å². The summed E-state index contributed by atoms with van der Waals surface area (Å²) >= 11 is 0. The van der Waals surface area contributed by atoms with Crippen LogP contribution in [0.3, 0.4) is 0 Å². The summed E-state index contributed by atoms with van der Waals surface area (Å²) in [6.45, 7) is 2.07. The highest BCUT2D eigenvalue weighted by atomic mass is 19.4. The van der Waals surface area contributed by atoms with Gasteiger partial charge < -0.3 is 4.74 Å². The Morgan fingerprint density at radius 1 is 1.04 bits per heavy atom. The van der Waals surface area contributed by atoms with Crippen molar-refractivity contribution >= 4 is 0 Å². The summed E-state index contributed by atoms with van der Waals surface area (Å²) in [7, 11) is 0. The molecule has 0 radical (unpaired) electrons. The predicted octanol–water partition coefficient (Wildman–Crippen LogP) is 6.51. The number of hydrogen-bond acceptors (Lipinski definition) is 1. The van der Waals surface area contributed by atoms with Crippen molar-refractivity contribution in [1.82, 2.24) is 0 Å². The summed E-state index contributed by atoms with van der Waals surface area (Å²) < 4.78 is 82.5. The Labute approximate surface area is 143 Å². The van der Waals surface area contributed by atoms with Gasteiger partial charge in [0.25, 0.3) is 5.92 Å². The first-order chi connectivity index (χ1) is 11.6. The smallest absolute Gasteiger partial charge is 0.403 e. The molecular formula is C18H22F6O. The SMILES string of the molecule is CCCC1CCC(C(F)(F)Cc2ccc(OC(F)(F)F)c(F)c2)CC1. The number of hydrogen-bond donors (Lipinski definition) is 0. The molecule has 0 bridgehead atoms. The van der Waals surface area contributed by atoms with Crippen LogP contribution < -0.4 is 4.74 Å². The lowest BCUT2D eigenvalue weighted by molar-refractivity contribution is -0.275. The van der Waals surface area contributed by atoms with Gasteiger partial charge in [-0.15, -0.1) is 13.2 Å². The van der Waals surface area contributed by atoms with E-state index in [4.69, 9.17) is 0 Å². The van der Waals surface area contributed by atoms with Gasteiger partial charge in [-0.25, -0.2) is 13.2 Å². The highest BCUT2D eigenvalue weighted by Gasteiger charge is 2.41. The average molecular weight is 368 g/mol. The molecule has 1 aromatic rings. The highest BCUT2D eigenvalue weighted by molar-refractivity contribution is 5.30. The van der Waals surface area contributed by atoms with Gasteiger partial charge in [0.15, 0.2) is 11.6 Å². The number of benzene rings is 1. The summed E-state index contributed by atoms with van der Waals surface area (Å²) in [5.41, 5.74) is -0.0345. The molecule has 1 aliphatic carbocycles. The van der Waals surface area contributed by atoms with Crippen molar-refractivity contribution in [2.75, 3.05) is 0 Å². The second kappa shape index (κ2) is 7.87. The minimum atomic E-state index is -5.02. The minimum absolute atomic E-state index is 0.0345. The van der Waals surface area contributed by atoms with Crippen molar-refractivity contribution in [1.29, 1.82) is 0 Å². The molecule has 1 aromatic carbocycles. The molecule has 1 nitrogen and oxygen atoms in total. The molecule has 0 spiro atoms. The van der Waals surface area contributed by atoms with Crippen molar-refractivity contribution in [3.63, 3.8) is 0 Å². The molecule has 0 unspecified atom stereocenters. The van der Waals surface area contributed by atoms with E-state index in [9.17, 15) is 26.3 Å². The van der Waals surface area contributed by atoms with E-state index < -0.39 is 36.2 Å². The van der Waals surface area contributed by atoms with Crippen LogP contribution in [0.1, 0.15) is 51.0 Å². The summed E-state index contributed by atoms with van der Waals surface area (Å²) in [6.07, 6.45) is -1.24. The molecule has 1 saturated carbocycles. The molecule has 0 amide bonds. The fourth-order valence-electron chi connectivity index (χ4n) is 3.56. The van der Waals surface area contributed by atoms with Gasteiger partial charge in [0.2, 0.25) is 0 Å². The molecule has 0 atom stereocenters. The molecule has 1 fully saturated rings. The van der Waals surface area contributed by atoms with Gasteiger partial charge in [0.05, 0.1) is 0 Å². The maximum Gasteiger partial charge on any atom is 0.573 e. The third-order valence-electron chi connectivity index (χ3n) is 4.80. The summed E-state index contributed by atoms with van der Waals surface area (Å²) in [5.74, 6) is -5.59. The fourth-order valence-corrected chi connectivity index (χ4v) is 3.56. The van der Waals surface area contributed by atoms with Crippen LogP contribution in [0.25, 0.3) is 0 Å². The molecule has 7 heteroatoms. The molecular weight excluding hydrogens is 346 g/mol. The maximum absolute atomic E-state index is 14.5. The van der Waals surface area contributed by atoms with Crippen LogP contribution in [0.5, 0.6) is 5.75 Å². The molecule has 0 aromatic heterocycles. The number of halogens is 6. The molecule has 25 heavy (non-hydrogen) atoms.